The lowest BCUT2D eigenvalue weighted by atomic mass is 10.1. The zero-order chi connectivity index (χ0) is 20.1. The second kappa shape index (κ2) is 9.30. The van der Waals surface area contributed by atoms with Gasteiger partial charge in [0.05, 0.1) is 18.1 Å². The Hall–Kier alpha value is -2.24. The molecule has 1 N–H and O–H groups in total. The van der Waals surface area contributed by atoms with E-state index >= 15 is 0 Å². The standard InChI is InChI=1S/C21H22Cl2N2O3/c1-14-15(21(27)25-11-2-3-12-25)6-4-8-17(14)24-19(26)10-13-28-18-9-5-7-16(22)20(18)23/h4-9H,2-3,10-13H2,1H3,(H,24,26). The van der Waals surface area contributed by atoms with Gasteiger partial charge in [-0.25, -0.2) is 0 Å². The summed E-state index contributed by atoms with van der Waals surface area (Å²) in [5.41, 5.74) is 2.03. The molecular formula is C21H22Cl2N2O3. The largest absolute Gasteiger partial charge is 0.491 e. The average molecular weight is 421 g/mol. The SMILES string of the molecule is Cc1c(NC(=O)CCOc2cccc(Cl)c2Cl)cccc1C(=O)N1CCCC1. The fraction of sp³-hybridized carbons (Fsp3) is 0.333. The summed E-state index contributed by atoms with van der Waals surface area (Å²) in [6.45, 7) is 3.59. The lowest BCUT2D eigenvalue weighted by Gasteiger charge is -2.18. The number of rotatable bonds is 6. The lowest BCUT2D eigenvalue weighted by molar-refractivity contribution is -0.116. The Bertz CT molecular complexity index is 880. The maximum absolute atomic E-state index is 12.7. The predicted octanol–water partition coefficient (Wildman–Crippen LogP) is 4.95. The van der Waals surface area contributed by atoms with Gasteiger partial charge in [-0.1, -0.05) is 35.3 Å². The summed E-state index contributed by atoms with van der Waals surface area (Å²) >= 11 is 12.0. The zero-order valence-corrected chi connectivity index (χ0v) is 17.1. The third-order valence-electron chi connectivity index (χ3n) is 4.73. The Kier molecular flexibility index (Phi) is 6.81. The second-order valence-electron chi connectivity index (χ2n) is 6.68. The van der Waals surface area contributed by atoms with Crippen molar-refractivity contribution in [2.75, 3.05) is 25.0 Å². The van der Waals surface area contributed by atoms with Gasteiger partial charge in [0.15, 0.2) is 0 Å². The number of benzene rings is 2. The molecule has 0 bridgehead atoms. The zero-order valence-electron chi connectivity index (χ0n) is 15.6. The van der Waals surface area contributed by atoms with Crippen molar-refractivity contribution in [2.24, 2.45) is 0 Å². The van der Waals surface area contributed by atoms with Gasteiger partial charge in [-0.3, -0.25) is 9.59 Å². The molecule has 0 aromatic heterocycles. The van der Waals surface area contributed by atoms with Crippen LogP contribution in [0.1, 0.15) is 35.2 Å². The molecule has 2 amide bonds. The van der Waals surface area contributed by atoms with Crippen LogP contribution in [-0.4, -0.2) is 36.4 Å². The topological polar surface area (TPSA) is 58.6 Å². The van der Waals surface area contributed by atoms with Crippen molar-refractivity contribution in [3.63, 3.8) is 0 Å². The molecule has 0 saturated carbocycles. The average Bonchev–Trinajstić information content (AvgIpc) is 3.21. The molecule has 28 heavy (non-hydrogen) atoms. The summed E-state index contributed by atoms with van der Waals surface area (Å²) in [6.07, 6.45) is 2.22. The predicted molar refractivity (Wildman–Crippen MR) is 112 cm³/mol. The van der Waals surface area contributed by atoms with E-state index < -0.39 is 0 Å². The first-order chi connectivity index (χ1) is 13.5. The van der Waals surface area contributed by atoms with Crippen molar-refractivity contribution >= 4 is 40.7 Å². The minimum absolute atomic E-state index is 0.0185. The van der Waals surface area contributed by atoms with Crippen LogP contribution in [0.4, 0.5) is 5.69 Å². The first kappa shape index (κ1) is 20.5. The van der Waals surface area contributed by atoms with E-state index in [0.29, 0.717) is 27.0 Å². The quantitative estimate of drug-likeness (QED) is 0.719. The second-order valence-corrected chi connectivity index (χ2v) is 7.46. The summed E-state index contributed by atoms with van der Waals surface area (Å²) < 4.78 is 5.55. The number of hydrogen-bond acceptors (Lipinski definition) is 3. The Balaban J connectivity index is 1.58. The number of hydrogen-bond donors (Lipinski definition) is 1. The van der Waals surface area contributed by atoms with Gasteiger partial charge in [0, 0.05) is 24.3 Å². The van der Waals surface area contributed by atoms with Crippen LogP contribution in [0.15, 0.2) is 36.4 Å². The molecule has 1 aliphatic heterocycles. The van der Waals surface area contributed by atoms with Crippen molar-refractivity contribution in [3.05, 3.63) is 57.6 Å². The van der Waals surface area contributed by atoms with E-state index in [4.69, 9.17) is 27.9 Å². The Labute approximate surface area is 174 Å². The molecule has 2 aromatic rings. The highest BCUT2D eigenvalue weighted by Gasteiger charge is 2.22. The minimum Gasteiger partial charge on any atom is -0.491 e. The van der Waals surface area contributed by atoms with Crippen LogP contribution in [0.25, 0.3) is 0 Å². The number of halogens is 2. The molecule has 5 nitrogen and oxygen atoms in total. The first-order valence-corrected chi connectivity index (χ1v) is 9.98. The molecule has 1 aliphatic rings. The Morgan fingerprint density at radius 1 is 1.11 bits per heavy atom. The highest BCUT2D eigenvalue weighted by atomic mass is 35.5. The summed E-state index contributed by atoms with van der Waals surface area (Å²) in [5, 5.41) is 3.59. The highest BCUT2D eigenvalue weighted by molar-refractivity contribution is 6.42. The molecule has 0 aliphatic carbocycles. The summed E-state index contributed by atoms with van der Waals surface area (Å²) in [7, 11) is 0. The van der Waals surface area contributed by atoms with Crippen LogP contribution in [0.5, 0.6) is 5.75 Å². The molecule has 7 heteroatoms. The van der Waals surface area contributed by atoms with Gasteiger partial charge in [0.2, 0.25) is 5.91 Å². The van der Waals surface area contributed by atoms with Gasteiger partial charge in [0.1, 0.15) is 10.8 Å². The van der Waals surface area contributed by atoms with Crippen LogP contribution < -0.4 is 10.1 Å². The smallest absolute Gasteiger partial charge is 0.254 e. The Morgan fingerprint density at radius 2 is 1.82 bits per heavy atom. The molecule has 148 valence electrons. The van der Waals surface area contributed by atoms with Crippen LogP contribution in [0, 0.1) is 6.92 Å². The minimum atomic E-state index is -0.202. The molecule has 0 atom stereocenters. The molecule has 0 unspecified atom stereocenters. The van der Waals surface area contributed by atoms with Crippen LogP contribution in [0.2, 0.25) is 10.0 Å². The molecule has 1 saturated heterocycles. The fourth-order valence-electron chi connectivity index (χ4n) is 3.16. The normalized spacial score (nSPS) is 13.5. The number of carbonyl (C=O) groups is 2. The molecule has 1 heterocycles. The van der Waals surface area contributed by atoms with E-state index in [-0.39, 0.29) is 24.8 Å². The summed E-state index contributed by atoms with van der Waals surface area (Å²) in [4.78, 5) is 26.8. The Morgan fingerprint density at radius 3 is 2.57 bits per heavy atom. The van der Waals surface area contributed by atoms with Crippen LogP contribution in [0.3, 0.4) is 0 Å². The van der Waals surface area contributed by atoms with Crippen molar-refractivity contribution in [1.29, 1.82) is 0 Å². The van der Waals surface area contributed by atoms with Gasteiger partial charge < -0.3 is 15.0 Å². The van der Waals surface area contributed by atoms with Crippen LogP contribution >= 0.6 is 23.2 Å². The lowest BCUT2D eigenvalue weighted by Crippen LogP contribution is -2.28. The molecule has 0 radical (unpaired) electrons. The number of anilines is 1. The van der Waals surface area contributed by atoms with Gasteiger partial charge in [-0.05, 0) is 49.6 Å². The van der Waals surface area contributed by atoms with E-state index in [1.54, 1.807) is 36.4 Å². The number of nitrogens with one attached hydrogen (secondary N) is 1. The number of carbonyl (C=O) groups excluding carboxylic acids is 2. The number of nitrogens with zero attached hydrogens (tertiary/aromatic N) is 1. The van der Waals surface area contributed by atoms with E-state index in [1.807, 2.05) is 11.8 Å². The maximum Gasteiger partial charge on any atom is 0.254 e. The summed E-state index contributed by atoms with van der Waals surface area (Å²) in [5.74, 6) is 0.258. The van der Waals surface area contributed by atoms with Crippen molar-refractivity contribution in [2.45, 2.75) is 26.2 Å². The van der Waals surface area contributed by atoms with Crippen molar-refractivity contribution < 1.29 is 14.3 Å². The molecule has 3 rings (SSSR count). The monoisotopic (exact) mass is 420 g/mol. The highest BCUT2D eigenvalue weighted by Crippen LogP contribution is 2.31. The van der Waals surface area contributed by atoms with Crippen molar-refractivity contribution in [3.8, 4) is 5.75 Å². The third kappa shape index (κ3) is 4.78. The number of likely N-dealkylation sites (tertiary alicyclic amines) is 1. The van der Waals surface area contributed by atoms with E-state index in [9.17, 15) is 9.59 Å². The molecule has 1 fully saturated rings. The first-order valence-electron chi connectivity index (χ1n) is 9.23. The van der Waals surface area contributed by atoms with Gasteiger partial charge in [0.25, 0.3) is 5.91 Å². The van der Waals surface area contributed by atoms with Crippen molar-refractivity contribution in [1.82, 2.24) is 4.90 Å². The molecule has 0 spiro atoms. The summed E-state index contributed by atoms with van der Waals surface area (Å²) in [6, 6.07) is 10.5. The van der Waals surface area contributed by atoms with E-state index in [1.165, 1.54) is 0 Å². The maximum atomic E-state index is 12.7. The molecule has 2 aromatic carbocycles. The van der Waals surface area contributed by atoms with E-state index in [0.717, 1.165) is 31.5 Å². The van der Waals surface area contributed by atoms with Gasteiger partial charge >= 0.3 is 0 Å². The van der Waals surface area contributed by atoms with E-state index in [2.05, 4.69) is 5.32 Å². The van der Waals surface area contributed by atoms with Crippen LogP contribution in [-0.2, 0) is 4.79 Å². The van der Waals surface area contributed by atoms with Gasteiger partial charge in [-0.15, -0.1) is 0 Å². The molecular weight excluding hydrogens is 399 g/mol. The number of amides is 2. The fourth-order valence-corrected chi connectivity index (χ4v) is 3.50. The number of ether oxygens (including phenoxy) is 1. The third-order valence-corrected chi connectivity index (χ3v) is 5.54. The van der Waals surface area contributed by atoms with Gasteiger partial charge in [-0.2, -0.15) is 0 Å².